The van der Waals surface area contributed by atoms with E-state index in [9.17, 15) is 4.79 Å². The molecule has 1 amide bonds. The highest BCUT2D eigenvalue weighted by Gasteiger charge is 2.25. The molecule has 7 nitrogen and oxygen atoms in total. The lowest BCUT2D eigenvalue weighted by Crippen LogP contribution is -2.54. The van der Waals surface area contributed by atoms with Gasteiger partial charge >= 0.3 is 6.09 Å². The van der Waals surface area contributed by atoms with Gasteiger partial charge in [-0.3, -0.25) is 4.99 Å². The Hall–Kier alpha value is -1.50. The van der Waals surface area contributed by atoms with Gasteiger partial charge in [0.05, 0.1) is 6.61 Å². The fourth-order valence-corrected chi connectivity index (χ4v) is 2.27. The Labute approximate surface area is 140 Å². The molecule has 7 heteroatoms. The number of hydrogen-bond acceptors (Lipinski definition) is 4. The highest BCUT2D eigenvalue weighted by Crippen LogP contribution is 2.12. The molecule has 0 bridgehead atoms. The second kappa shape index (κ2) is 8.96. The summed E-state index contributed by atoms with van der Waals surface area (Å²) in [4.78, 5) is 20.0. The number of likely N-dealkylation sites (N-methyl/N-ethyl adjacent to an activating group) is 1. The Morgan fingerprint density at radius 1 is 1.35 bits per heavy atom. The topological polar surface area (TPSA) is 69.2 Å². The van der Waals surface area contributed by atoms with Gasteiger partial charge in [0.1, 0.15) is 0 Å². The average Bonchev–Trinajstić information content (AvgIpc) is 2.52. The van der Waals surface area contributed by atoms with Crippen LogP contribution in [-0.4, -0.2) is 80.8 Å². The van der Waals surface area contributed by atoms with Crippen molar-refractivity contribution in [2.24, 2.45) is 4.99 Å². The van der Waals surface area contributed by atoms with Crippen molar-refractivity contribution in [3.05, 3.63) is 0 Å². The molecule has 0 aromatic rings. The van der Waals surface area contributed by atoms with E-state index in [1.54, 1.807) is 11.9 Å². The van der Waals surface area contributed by atoms with Gasteiger partial charge in [0.15, 0.2) is 5.96 Å². The first-order valence-corrected chi connectivity index (χ1v) is 8.36. The van der Waals surface area contributed by atoms with Crippen LogP contribution in [-0.2, 0) is 4.74 Å². The van der Waals surface area contributed by atoms with Crippen LogP contribution in [0.2, 0.25) is 0 Å². The average molecular weight is 327 g/mol. The third-order valence-corrected chi connectivity index (χ3v) is 4.48. The normalized spacial score (nSPS) is 17.3. The minimum absolute atomic E-state index is 0.0465. The van der Waals surface area contributed by atoms with E-state index in [-0.39, 0.29) is 11.6 Å². The first kappa shape index (κ1) is 19.5. The first-order valence-electron chi connectivity index (χ1n) is 8.36. The monoisotopic (exact) mass is 327 g/mol. The number of aliphatic imine (C=N–C) groups is 1. The molecule has 1 fully saturated rings. The second-order valence-electron chi connectivity index (χ2n) is 6.74. The van der Waals surface area contributed by atoms with Crippen LogP contribution in [0.4, 0.5) is 4.79 Å². The minimum Gasteiger partial charge on any atom is -0.450 e. The second-order valence-corrected chi connectivity index (χ2v) is 6.74. The highest BCUT2D eigenvalue weighted by atomic mass is 16.6. The summed E-state index contributed by atoms with van der Waals surface area (Å²) in [5.41, 5.74) is 0.0465. The summed E-state index contributed by atoms with van der Waals surface area (Å²) < 4.78 is 5.04. The SMILES string of the molecule is CCOC(=O)N1CCC(NC(=NC)NCC(C)(C)N(C)C)CC1. The summed E-state index contributed by atoms with van der Waals surface area (Å²) in [5.74, 6) is 0.814. The van der Waals surface area contributed by atoms with E-state index < -0.39 is 0 Å². The predicted octanol–water partition coefficient (Wildman–Crippen LogP) is 1.11. The summed E-state index contributed by atoms with van der Waals surface area (Å²) >= 11 is 0. The van der Waals surface area contributed by atoms with Crippen molar-refractivity contribution in [1.29, 1.82) is 0 Å². The standard InChI is InChI=1S/C16H33N5O2/c1-7-23-15(22)21-10-8-13(9-11-21)19-14(17-4)18-12-16(2,3)20(5)6/h13H,7-12H2,1-6H3,(H2,17,18,19). The number of ether oxygens (including phenoxy) is 1. The van der Waals surface area contributed by atoms with Gasteiger partial charge in [-0.15, -0.1) is 0 Å². The Morgan fingerprint density at radius 2 is 1.96 bits per heavy atom. The number of amides is 1. The Kier molecular flexibility index (Phi) is 7.61. The van der Waals surface area contributed by atoms with Crippen molar-refractivity contribution >= 4 is 12.1 Å². The van der Waals surface area contributed by atoms with Gasteiger partial charge in [0.25, 0.3) is 0 Å². The third kappa shape index (κ3) is 6.25. The molecule has 0 aliphatic carbocycles. The van der Waals surface area contributed by atoms with Gasteiger partial charge in [-0.25, -0.2) is 4.79 Å². The number of nitrogens with one attached hydrogen (secondary N) is 2. The van der Waals surface area contributed by atoms with Crippen LogP contribution >= 0.6 is 0 Å². The smallest absolute Gasteiger partial charge is 0.409 e. The number of carbonyl (C=O) groups excluding carboxylic acids is 1. The van der Waals surface area contributed by atoms with Crippen LogP contribution in [0.15, 0.2) is 4.99 Å². The Bertz CT molecular complexity index is 401. The molecule has 1 rings (SSSR count). The van der Waals surface area contributed by atoms with Crippen molar-refractivity contribution in [3.63, 3.8) is 0 Å². The van der Waals surface area contributed by atoms with Gasteiger partial charge < -0.3 is 25.2 Å². The van der Waals surface area contributed by atoms with Crippen molar-refractivity contribution in [3.8, 4) is 0 Å². The zero-order chi connectivity index (χ0) is 17.5. The lowest BCUT2D eigenvalue weighted by Gasteiger charge is -2.35. The molecule has 0 aromatic heterocycles. The van der Waals surface area contributed by atoms with Gasteiger partial charge in [-0.1, -0.05) is 0 Å². The molecule has 0 radical (unpaired) electrons. The number of hydrogen-bond donors (Lipinski definition) is 2. The van der Waals surface area contributed by atoms with E-state index in [1.807, 2.05) is 6.92 Å². The van der Waals surface area contributed by atoms with Crippen molar-refractivity contribution in [1.82, 2.24) is 20.4 Å². The molecule has 23 heavy (non-hydrogen) atoms. The molecule has 0 atom stereocenters. The lowest BCUT2D eigenvalue weighted by molar-refractivity contribution is 0.0962. The van der Waals surface area contributed by atoms with Crippen LogP contribution in [0.3, 0.4) is 0 Å². The largest absolute Gasteiger partial charge is 0.450 e. The summed E-state index contributed by atoms with van der Waals surface area (Å²) in [5, 5.41) is 6.83. The maximum absolute atomic E-state index is 11.7. The molecule has 0 saturated carbocycles. The van der Waals surface area contributed by atoms with E-state index in [1.165, 1.54) is 0 Å². The predicted molar refractivity (Wildman–Crippen MR) is 93.9 cm³/mol. The zero-order valence-electron chi connectivity index (χ0n) is 15.5. The molecule has 0 spiro atoms. The molecule has 0 unspecified atom stereocenters. The molecule has 1 saturated heterocycles. The Balaban J connectivity index is 2.40. The van der Waals surface area contributed by atoms with E-state index in [2.05, 4.69) is 48.5 Å². The quantitative estimate of drug-likeness (QED) is 0.585. The molecule has 0 aromatic carbocycles. The summed E-state index contributed by atoms with van der Waals surface area (Å²) in [6.07, 6.45) is 1.59. The number of rotatable bonds is 5. The third-order valence-electron chi connectivity index (χ3n) is 4.48. The number of likely N-dealkylation sites (tertiary alicyclic amines) is 1. The van der Waals surface area contributed by atoms with Gasteiger partial charge in [0, 0.05) is 38.3 Å². The number of piperidine rings is 1. The first-order chi connectivity index (χ1) is 10.8. The fraction of sp³-hybridized carbons (Fsp3) is 0.875. The number of guanidine groups is 1. The van der Waals surface area contributed by atoms with E-state index >= 15 is 0 Å². The maximum atomic E-state index is 11.7. The van der Waals surface area contributed by atoms with Crippen LogP contribution in [0.5, 0.6) is 0 Å². The van der Waals surface area contributed by atoms with Crippen molar-refractivity contribution < 1.29 is 9.53 Å². The van der Waals surface area contributed by atoms with Crippen molar-refractivity contribution in [2.75, 3.05) is 47.4 Å². The summed E-state index contributed by atoms with van der Waals surface area (Å²) in [6, 6.07) is 0.328. The highest BCUT2D eigenvalue weighted by molar-refractivity contribution is 5.80. The minimum atomic E-state index is -0.207. The fourth-order valence-electron chi connectivity index (χ4n) is 2.27. The van der Waals surface area contributed by atoms with E-state index in [4.69, 9.17) is 4.74 Å². The molecule has 1 aliphatic rings. The van der Waals surface area contributed by atoms with Crippen LogP contribution < -0.4 is 10.6 Å². The molecule has 134 valence electrons. The maximum Gasteiger partial charge on any atom is 0.409 e. The van der Waals surface area contributed by atoms with Gasteiger partial charge in [0.2, 0.25) is 0 Å². The van der Waals surface area contributed by atoms with Crippen LogP contribution in [0.1, 0.15) is 33.6 Å². The molecular weight excluding hydrogens is 294 g/mol. The zero-order valence-corrected chi connectivity index (χ0v) is 15.5. The summed E-state index contributed by atoms with van der Waals surface area (Å²) in [7, 11) is 5.93. The molecule has 1 heterocycles. The van der Waals surface area contributed by atoms with Crippen molar-refractivity contribution in [2.45, 2.75) is 45.2 Å². The molecular formula is C16H33N5O2. The Morgan fingerprint density at radius 3 is 2.43 bits per heavy atom. The number of carbonyl (C=O) groups is 1. The van der Waals surface area contributed by atoms with Gasteiger partial charge in [-0.05, 0) is 47.7 Å². The van der Waals surface area contributed by atoms with Crippen LogP contribution in [0.25, 0.3) is 0 Å². The van der Waals surface area contributed by atoms with Crippen LogP contribution in [0, 0.1) is 0 Å². The summed E-state index contributed by atoms with van der Waals surface area (Å²) in [6.45, 7) is 8.87. The van der Waals surface area contributed by atoms with E-state index in [0.717, 1.165) is 38.4 Å². The molecule has 1 aliphatic heterocycles. The van der Waals surface area contributed by atoms with E-state index in [0.29, 0.717) is 12.6 Å². The molecule has 2 N–H and O–H groups in total. The number of nitrogens with zero attached hydrogens (tertiary/aromatic N) is 3. The lowest BCUT2D eigenvalue weighted by atomic mass is 10.0. The van der Waals surface area contributed by atoms with Gasteiger partial charge in [-0.2, -0.15) is 0 Å².